The summed E-state index contributed by atoms with van der Waals surface area (Å²) in [7, 11) is 0. The molecule has 1 saturated heterocycles. The van der Waals surface area contributed by atoms with Gasteiger partial charge in [-0.2, -0.15) is 0 Å². The van der Waals surface area contributed by atoms with Crippen molar-refractivity contribution in [2.24, 2.45) is 0 Å². The van der Waals surface area contributed by atoms with Gasteiger partial charge in [-0.05, 0) is 44.9 Å². The molecular weight excluding hydrogens is 316 g/mol. The molecule has 1 amide bonds. The lowest BCUT2D eigenvalue weighted by molar-refractivity contribution is -0.122. The van der Waals surface area contributed by atoms with Crippen molar-refractivity contribution in [3.8, 4) is 11.5 Å². The lowest BCUT2D eigenvalue weighted by Crippen LogP contribution is -2.45. The molecule has 0 aromatic heterocycles. The summed E-state index contributed by atoms with van der Waals surface area (Å²) in [5.41, 5.74) is 0. The summed E-state index contributed by atoms with van der Waals surface area (Å²) in [6, 6.07) is 7.89. The second-order valence-electron chi connectivity index (χ2n) is 5.44. The van der Waals surface area contributed by atoms with Crippen LogP contribution in [0.3, 0.4) is 0 Å². The molecule has 5 nitrogen and oxygen atoms in total. The van der Waals surface area contributed by atoms with Crippen LogP contribution in [0.2, 0.25) is 0 Å². The van der Waals surface area contributed by atoms with Crippen LogP contribution in [0, 0.1) is 0 Å². The zero-order chi connectivity index (χ0) is 15.6. The quantitative estimate of drug-likeness (QED) is 0.713. The molecule has 2 N–H and O–H groups in total. The van der Waals surface area contributed by atoms with E-state index < -0.39 is 0 Å². The van der Waals surface area contributed by atoms with Crippen molar-refractivity contribution in [3.63, 3.8) is 0 Å². The van der Waals surface area contributed by atoms with Crippen molar-refractivity contribution in [1.29, 1.82) is 0 Å². The Kier molecular flexibility index (Phi) is 9.48. The van der Waals surface area contributed by atoms with Crippen LogP contribution in [0.15, 0.2) is 24.3 Å². The molecule has 1 aliphatic heterocycles. The van der Waals surface area contributed by atoms with Crippen LogP contribution in [0.4, 0.5) is 0 Å². The number of carbonyl (C=O) groups excluding carboxylic acids is 1. The molecule has 23 heavy (non-hydrogen) atoms. The molecule has 6 heteroatoms. The van der Waals surface area contributed by atoms with E-state index in [0.717, 1.165) is 37.4 Å². The van der Waals surface area contributed by atoms with Gasteiger partial charge in [-0.25, -0.2) is 0 Å². The number of hydrogen-bond acceptors (Lipinski definition) is 4. The Hall–Kier alpha value is -1.46. The topological polar surface area (TPSA) is 59.6 Å². The zero-order valence-electron chi connectivity index (χ0n) is 13.7. The second-order valence-corrected chi connectivity index (χ2v) is 5.44. The van der Waals surface area contributed by atoms with Gasteiger partial charge >= 0.3 is 0 Å². The van der Waals surface area contributed by atoms with E-state index in [1.54, 1.807) is 0 Å². The third kappa shape index (κ3) is 7.10. The predicted octanol–water partition coefficient (Wildman–Crippen LogP) is 2.53. The Morgan fingerprint density at radius 3 is 2.70 bits per heavy atom. The number of piperidine rings is 1. The van der Waals surface area contributed by atoms with Crippen LogP contribution >= 0.6 is 12.4 Å². The summed E-state index contributed by atoms with van der Waals surface area (Å²) in [6.07, 6.45) is 3.39. The highest BCUT2D eigenvalue weighted by Gasteiger charge is 2.14. The number of benzene rings is 1. The van der Waals surface area contributed by atoms with Crippen molar-refractivity contribution >= 4 is 18.3 Å². The van der Waals surface area contributed by atoms with Gasteiger partial charge in [0.1, 0.15) is 0 Å². The number of carbonyl (C=O) groups is 1. The molecule has 0 radical (unpaired) electrons. The first-order chi connectivity index (χ1) is 10.8. The fourth-order valence-corrected chi connectivity index (χ4v) is 2.53. The summed E-state index contributed by atoms with van der Waals surface area (Å²) >= 11 is 0. The second kappa shape index (κ2) is 11.1. The first-order valence-electron chi connectivity index (χ1n) is 8.14. The summed E-state index contributed by atoms with van der Waals surface area (Å²) < 4.78 is 11.2. The van der Waals surface area contributed by atoms with Gasteiger partial charge in [0, 0.05) is 19.0 Å². The number of nitrogens with one attached hydrogen (secondary N) is 2. The maximum Gasteiger partial charge on any atom is 0.220 e. The predicted molar refractivity (Wildman–Crippen MR) is 93.6 cm³/mol. The van der Waals surface area contributed by atoms with E-state index >= 15 is 0 Å². The minimum absolute atomic E-state index is 0. The fraction of sp³-hybridized carbons (Fsp3) is 0.588. The van der Waals surface area contributed by atoms with E-state index in [0.29, 0.717) is 26.1 Å². The van der Waals surface area contributed by atoms with Crippen molar-refractivity contribution < 1.29 is 14.3 Å². The first-order valence-corrected chi connectivity index (χ1v) is 8.14. The molecule has 1 aromatic carbocycles. The van der Waals surface area contributed by atoms with Gasteiger partial charge in [0.25, 0.3) is 0 Å². The Morgan fingerprint density at radius 2 is 2.04 bits per heavy atom. The van der Waals surface area contributed by atoms with Gasteiger partial charge < -0.3 is 20.1 Å². The van der Waals surface area contributed by atoms with Gasteiger partial charge in [-0.1, -0.05) is 12.1 Å². The molecule has 1 atom stereocenters. The van der Waals surface area contributed by atoms with E-state index in [1.807, 2.05) is 31.2 Å². The number of ether oxygens (including phenoxy) is 2. The third-order valence-corrected chi connectivity index (χ3v) is 3.62. The van der Waals surface area contributed by atoms with Crippen molar-refractivity contribution in [2.45, 2.75) is 38.6 Å². The van der Waals surface area contributed by atoms with Gasteiger partial charge in [-0.3, -0.25) is 4.79 Å². The highest BCUT2D eigenvalue weighted by Crippen LogP contribution is 2.26. The van der Waals surface area contributed by atoms with Gasteiger partial charge in [0.15, 0.2) is 11.5 Å². The van der Waals surface area contributed by atoms with E-state index in [1.165, 1.54) is 0 Å². The van der Waals surface area contributed by atoms with E-state index in [-0.39, 0.29) is 24.4 Å². The molecule has 1 aromatic rings. The number of amides is 1. The Labute approximate surface area is 144 Å². The van der Waals surface area contributed by atoms with E-state index in [2.05, 4.69) is 10.6 Å². The molecule has 2 rings (SSSR count). The number of rotatable bonds is 8. The third-order valence-electron chi connectivity index (χ3n) is 3.62. The summed E-state index contributed by atoms with van der Waals surface area (Å²) in [5.74, 6) is 1.60. The zero-order valence-corrected chi connectivity index (χ0v) is 14.5. The fourth-order valence-electron chi connectivity index (χ4n) is 2.53. The standard InChI is InChI=1S/C17H26N2O3.ClH/c1-2-21-15-8-3-4-9-16(15)22-12-6-10-17(20)19-14-7-5-11-18-13-14;/h3-4,8-9,14,18H,2,5-7,10-13H2,1H3,(H,19,20);1H. The highest BCUT2D eigenvalue weighted by molar-refractivity contribution is 5.85. The van der Waals surface area contributed by atoms with E-state index in [9.17, 15) is 4.79 Å². The van der Waals surface area contributed by atoms with Crippen LogP contribution in [0.5, 0.6) is 11.5 Å². The smallest absolute Gasteiger partial charge is 0.220 e. The molecular formula is C17H27ClN2O3. The summed E-state index contributed by atoms with van der Waals surface area (Å²) in [5, 5.41) is 6.36. The first kappa shape index (κ1) is 19.6. The van der Waals surface area contributed by atoms with Crippen LogP contribution < -0.4 is 20.1 Å². The van der Waals surface area contributed by atoms with Gasteiger partial charge in [0.05, 0.1) is 13.2 Å². The molecule has 0 aliphatic carbocycles. The summed E-state index contributed by atoms with van der Waals surface area (Å²) in [6.45, 7) is 5.00. The van der Waals surface area contributed by atoms with Crippen molar-refractivity contribution in [1.82, 2.24) is 10.6 Å². The largest absolute Gasteiger partial charge is 0.490 e. The van der Waals surface area contributed by atoms with Crippen molar-refractivity contribution in [3.05, 3.63) is 24.3 Å². The number of para-hydroxylation sites is 2. The Morgan fingerprint density at radius 1 is 1.30 bits per heavy atom. The minimum Gasteiger partial charge on any atom is -0.490 e. The average molecular weight is 343 g/mol. The maximum atomic E-state index is 11.9. The van der Waals surface area contributed by atoms with Crippen molar-refractivity contribution in [2.75, 3.05) is 26.3 Å². The average Bonchev–Trinajstić information content (AvgIpc) is 2.54. The molecule has 0 bridgehead atoms. The van der Waals surface area contributed by atoms with Crippen LogP contribution in [0.25, 0.3) is 0 Å². The molecule has 1 fully saturated rings. The molecule has 0 spiro atoms. The molecule has 130 valence electrons. The number of hydrogen-bond donors (Lipinski definition) is 2. The Balaban J connectivity index is 0.00000264. The lowest BCUT2D eigenvalue weighted by atomic mass is 10.1. The SMILES string of the molecule is CCOc1ccccc1OCCCC(=O)NC1CCCNC1.Cl. The minimum atomic E-state index is 0. The highest BCUT2D eigenvalue weighted by atomic mass is 35.5. The Bertz CT molecular complexity index is 465. The lowest BCUT2D eigenvalue weighted by Gasteiger charge is -2.23. The van der Waals surface area contributed by atoms with Gasteiger partial charge in [-0.15, -0.1) is 12.4 Å². The molecule has 1 aliphatic rings. The molecule has 1 heterocycles. The van der Waals surface area contributed by atoms with Crippen LogP contribution in [-0.2, 0) is 4.79 Å². The molecule has 0 saturated carbocycles. The normalized spacial score (nSPS) is 17.0. The number of halogens is 1. The van der Waals surface area contributed by atoms with Crippen LogP contribution in [-0.4, -0.2) is 38.3 Å². The summed E-state index contributed by atoms with van der Waals surface area (Å²) in [4.78, 5) is 11.9. The van der Waals surface area contributed by atoms with Crippen LogP contribution in [0.1, 0.15) is 32.6 Å². The maximum absolute atomic E-state index is 11.9. The molecule has 1 unspecified atom stereocenters. The van der Waals surface area contributed by atoms with E-state index in [4.69, 9.17) is 9.47 Å². The van der Waals surface area contributed by atoms with Gasteiger partial charge in [0.2, 0.25) is 5.91 Å². The monoisotopic (exact) mass is 342 g/mol.